The molecular formula is C56H64BrN15O8. The fourth-order valence-electron chi connectivity index (χ4n) is 9.24. The summed E-state index contributed by atoms with van der Waals surface area (Å²) in [6, 6.07) is 25.0. The van der Waals surface area contributed by atoms with E-state index in [9.17, 15) is 25.5 Å². The fourth-order valence-corrected chi connectivity index (χ4v) is 9.64. The second-order valence-corrected chi connectivity index (χ2v) is 20.4. The zero-order valence-corrected chi connectivity index (χ0v) is 46.6. The monoisotopic (exact) mass is 1150 g/mol. The topological polar surface area (TPSA) is 245 Å². The molecule has 2 N–H and O–H groups in total. The lowest BCUT2D eigenvalue weighted by atomic mass is 10.1. The molecule has 24 heteroatoms. The zero-order chi connectivity index (χ0) is 56.1. The van der Waals surface area contributed by atoms with Crippen molar-refractivity contribution in [3.05, 3.63) is 128 Å². The smallest absolute Gasteiger partial charge is 0.294 e. The van der Waals surface area contributed by atoms with Gasteiger partial charge < -0.3 is 58.3 Å². The standard InChI is InChI=1S/C28H30N8O4.C27H30BrN7O4.CH4/c1-33(2)9-10-34(3)24-12-26(39-4)22(11-25(24)36(37)38)31-28-30-14-18(13-29)27(32-28)21-15-35(19-16-40-17-19)23-8-6-5-7-20(21)23;1-32(2)9-10-33(3)23-12-25(38-4)21(11-24(23)35(36)37)30-27-29-13-20(28)26(31-27)19-14-34(17-15-39-16-17)22-8-6-5-7-18(19)22;/h5-8,11-12,14-15,19H,9-10,16-17H2,1-4H3,(H,30,31,32);5-8,11-14,17H,9-10,15-16H2,1-4H3,(H,29,30,31);1H4. The van der Waals surface area contributed by atoms with Gasteiger partial charge in [0.1, 0.15) is 28.9 Å². The molecule has 10 rings (SSSR count). The molecule has 0 amide bonds. The third kappa shape index (κ3) is 12.2. The van der Waals surface area contributed by atoms with E-state index in [1.54, 1.807) is 25.4 Å². The maximum absolute atomic E-state index is 12.0. The number of ether oxygens (including phenoxy) is 4. The number of para-hydroxylation sites is 2. The SMILES string of the molecule is C.COc1cc(N(C)CCN(C)C)c([N+](=O)[O-])cc1Nc1ncc(Br)c(-c2cn(C3COC3)c3ccccc23)n1.COc1cc(N(C)CCN(C)C)c([N+](=O)[O-])cc1Nc1ncc(C#N)c(-c2cn(C3COC3)c3ccccc23)n1. The number of halogens is 1. The van der Waals surface area contributed by atoms with Gasteiger partial charge in [0, 0.05) is 116 Å². The Labute approximate surface area is 471 Å². The lowest BCUT2D eigenvalue weighted by Crippen LogP contribution is -2.30. The molecule has 2 aliphatic rings. The highest BCUT2D eigenvalue weighted by Crippen LogP contribution is 2.43. The number of methoxy groups -OCH3 is 2. The number of hydrogen-bond donors (Lipinski definition) is 2. The molecule has 0 aliphatic carbocycles. The van der Waals surface area contributed by atoms with Crippen molar-refractivity contribution in [2.75, 3.05) is 130 Å². The number of nitrogens with zero attached hydrogens (tertiary/aromatic N) is 13. The number of nitriles is 1. The normalized spacial score (nSPS) is 13.2. The van der Waals surface area contributed by atoms with Crippen molar-refractivity contribution in [3.8, 4) is 40.1 Å². The van der Waals surface area contributed by atoms with Crippen LogP contribution in [0, 0.1) is 31.6 Å². The van der Waals surface area contributed by atoms with Crippen molar-refractivity contribution in [1.82, 2.24) is 38.9 Å². The summed E-state index contributed by atoms with van der Waals surface area (Å²) >= 11 is 3.62. The van der Waals surface area contributed by atoms with Crippen LogP contribution in [-0.2, 0) is 9.47 Å². The predicted octanol–water partition coefficient (Wildman–Crippen LogP) is 9.93. The Morgan fingerprint density at radius 2 is 1.10 bits per heavy atom. The molecule has 418 valence electrons. The third-order valence-corrected chi connectivity index (χ3v) is 14.3. The molecular weight excluding hydrogens is 1090 g/mol. The lowest BCUT2D eigenvalue weighted by molar-refractivity contribution is -0.384. The molecule has 0 saturated carbocycles. The second-order valence-electron chi connectivity index (χ2n) is 19.6. The minimum atomic E-state index is -0.420. The van der Waals surface area contributed by atoms with E-state index >= 15 is 0 Å². The van der Waals surface area contributed by atoms with Crippen molar-refractivity contribution in [3.63, 3.8) is 0 Å². The molecule has 23 nitrogen and oxygen atoms in total. The van der Waals surface area contributed by atoms with Crippen LogP contribution in [0.4, 0.5) is 46.0 Å². The molecule has 6 heterocycles. The molecule has 2 saturated heterocycles. The first kappa shape index (κ1) is 57.7. The Bertz CT molecular complexity index is 3590. The van der Waals surface area contributed by atoms with Gasteiger partial charge in [-0.15, -0.1) is 0 Å². The van der Waals surface area contributed by atoms with E-state index in [-0.39, 0.29) is 41.8 Å². The van der Waals surface area contributed by atoms with Gasteiger partial charge in [0.05, 0.1) is 102 Å². The van der Waals surface area contributed by atoms with Crippen molar-refractivity contribution >= 4 is 83.8 Å². The Kier molecular flexibility index (Phi) is 18.1. The van der Waals surface area contributed by atoms with Gasteiger partial charge >= 0.3 is 0 Å². The van der Waals surface area contributed by atoms with Crippen molar-refractivity contribution in [2.45, 2.75) is 19.5 Å². The average molecular weight is 1160 g/mol. The summed E-state index contributed by atoms with van der Waals surface area (Å²) in [6.07, 6.45) is 7.22. The highest BCUT2D eigenvalue weighted by atomic mass is 79.9. The van der Waals surface area contributed by atoms with Crippen LogP contribution < -0.4 is 29.9 Å². The third-order valence-electron chi connectivity index (χ3n) is 13.7. The van der Waals surface area contributed by atoms with Crippen LogP contribution in [-0.4, -0.2) is 158 Å². The largest absolute Gasteiger partial charge is 0.494 e. The minimum Gasteiger partial charge on any atom is -0.494 e. The Hall–Kier alpha value is -8.47. The number of hydrogen-bond acceptors (Lipinski definition) is 19. The number of rotatable bonds is 20. The van der Waals surface area contributed by atoms with Gasteiger partial charge in [0.25, 0.3) is 11.4 Å². The molecule has 2 fully saturated rings. The van der Waals surface area contributed by atoms with Gasteiger partial charge in [-0.25, -0.2) is 19.9 Å². The lowest BCUT2D eigenvalue weighted by Gasteiger charge is -2.28. The average Bonchev–Trinajstić information content (AvgIpc) is 3.98. The maximum Gasteiger partial charge on any atom is 0.294 e. The van der Waals surface area contributed by atoms with E-state index in [0.717, 1.165) is 50.5 Å². The maximum atomic E-state index is 12.0. The van der Waals surface area contributed by atoms with E-state index < -0.39 is 4.92 Å². The summed E-state index contributed by atoms with van der Waals surface area (Å²) in [7, 11) is 14.5. The molecule has 0 spiro atoms. The minimum absolute atomic E-state index is 0. The van der Waals surface area contributed by atoms with Gasteiger partial charge in [-0.2, -0.15) is 5.26 Å². The van der Waals surface area contributed by atoms with Crippen molar-refractivity contribution < 1.29 is 28.8 Å². The Morgan fingerprint density at radius 3 is 1.50 bits per heavy atom. The van der Waals surface area contributed by atoms with Crippen LogP contribution in [0.2, 0.25) is 0 Å². The van der Waals surface area contributed by atoms with E-state index in [4.69, 9.17) is 28.9 Å². The van der Waals surface area contributed by atoms with E-state index in [0.29, 0.717) is 96.7 Å². The Balaban J connectivity index is 0.000000208. The molecule has 0 atom stereocenters. The Morgan fingerprint density at radius 1 is 0.675 bits per heavy atom. The first-order valence-corrected chi connectivity index (χ1v) is 26.0. The first-order valence-electron chi connectivity index (χ1n) is 25.2. The van der Waals surface area contributed by atoms with Crippen LogP contribution in [0.25, 0.3) is 44.3 Å². The number of anilines is 6. The van der Waals surface area contributed by atoms with Gasteiger partial charge in [-0.3, -0.25) is 20.2 Å². The molecule has 8 aromatic rings. The molecule has 4 aromatic heterocycles. The zero-order valence-electron chi connectivity index (χ0n) is 45.0. The van der Waals surface area contributed by atoms with Gasteiger partial charge in [-0.1, -0.05) is 43.8 Å². The van der Waals surface area contributed by atoms with Crippen LogP contribution >= 0.6 is 15.9 Å². The van der Waals surface area contributed by atoms with Gasteiger partial charge in [0.15, 0.2) is 0 Å². The summed E-state index contributed by atoms with van der Waals surface area (Å²) in [4.78, 5) is 49.2. The number of fused-ring (bicyclic) bond motifs is 2. The predicted molar refractivity (Wildman–Crippen MR) is 314 cm³/mol. The highest BCUT2D eigenvalue weighted by Gasteiger charge is 2.29. The summed E-state index contributed by atoms with van der Waals surface area (Å²) in [5, 5.41) is 42.1. The summed E-state index contributed by atoms with van der Waals surface area (Å²) in [5.74, 6) is 1.31. The van der Waals surface area contributed by atoms with Crippen molar-refractivity contribution in [2.24, 2.45) is 0 Å². The van der Waals surface area contributed by atoms with Crippen LogP contribution in [0.1, 0.15) is 25.1 Å². The van der Waals surface area contributed by atoms with E-state index in [1.165, 1.54) is 32.5 Å². The van der Waals surface area contributed by atoms with Crippen molar-refractivity contribution in [1.29, 1.82) is 5.26 Å². The summed E-state index contributed by atoms with van der Waals surface area (Å²) in [5.41, 5.74) is 6.87. The number of benzene rings is 4. The summed E-state index contributed by atoms with van der Waals surface area (Å²) < 4.78 is 27.2. The fraction of sp³-hybridized carbons (Fsp3) is 0.339. The molecule has 4 aromatic carbocycles. The molecule has 0 unspecified atom stereocenters. The molecule has 80 heavy (non-hydrogen) atoms. The molecule has 0 radical (unpaired) electrons. The number of nitrogens with one attached hydrogen (secondary N) is 2. The number of likely N-dealkylation sites (N-methyl/N-ethyl adjacent to an activating group) is 4. The number of aromatic nitrogens is 6. The van der Waals surface area contributed by atoms with Crippen LogP contribution in [0.15, 0.2) is 102 Å². The quantitative estimate of drug-likeness (QED) is 0.0532. The van der Waals surface area contributed by atoms with Crippen LogP contribution in [0.3, 0.4) is 0 Å². The molecule has 0 bridgehead atoms. The summed E-state index contributed by atoms with van der Waals surface area (Å²) in [6.45, 7) is 5.27. The van der Waals surface area contributed by atoms with E-state index in [2.05, 4.69) is 70.1 Å². The number of nitro benzene ring substituents is 2. The first-order chi connectivity index (χ1) is 38.1. The number of nitro groups is 2. The van der Waals surface area contributed by atoms with Gasteiger partial charge in [-0.05, 0) is 56.3 Å². The van der Waals surface area contributed by atoms with Crippen LogP contribution in [0.5, 0.6) is 11.5 Å². The van der Waals surface area contributed by atoms with Gasteiger partial charge in [0.2, 0.25) is 11.9 Å². The second kappa shape index (κ2) is 25.1. The highest BCUT2D eigenvalue weighted by molar-refractivity contribution is 9.10. The molecule has 2 aliphatic heterocycles. The van der Waals surface area contributed by atoms with E-state index in [1.807, 2.05) is 97.4 Å².